The standard InChI is InChI=1S/2C33H29ClF3N3O4/c2*1-18(33(2,3)43-4)40-29-13-19(32(41)42)9-11-28(29)38-30(40)14-21-12-26(37)23(16-25(21)36)27-6-5-7-31(39-27)44-17-20-8-10-22(34)15-24(20)35/h2*5-13,15-16,18H,14,17H2,1-4H3,(H,41,42). The third-order valence-electron chi connectivity index (χ3n) is 15.6. The predicted molar refractivity (Wildman–Crippen MR) is 321 cm³/mol. The first-order valence-electron chi connectivity index (χ1n) is 27.4. The second-order valence-electron chi connectivity index (χ2n) is 21.8. The molecule has 0 fully saturated rings. The molecule has 0 amide bonds. The number of nitrogens with zero attached hydrogens (tertiary/aromatic N) is 6. The van der Waals surface area contributed by atoms with E-state index in [1.807, 2.05) is 50.7 Å². The lowest BCUT2D eigenvalue weighted by molar-refractivity contribution is -0.0162. The van der Waals surface area contributed by atoms with E-state index in [2.05, 4.69) is 19.9 Å². The molecule has 88 heavy (non-hydrogen) atoms. The number of carboxylic acids is 2. The molecule has 0 aliphatic heterocycles. The molecule has 0 bridgehead atoms. The average molecular weight is 1250 g/mol. The lowest BCUT2D eigenvalue weighted by Gasteiger charge is -2.33. The van der Waals surface area contributed by atoms with Gasteiger partial charge in [0, 0.05) is 71.5 Å². The number of rotatable bonds is 20. The molecule has 0 saturated heterocycles. The number of carboxylic acid groups (broad SMARTS) is 2. The molecule has 0 radical (unpaired) electrons. The number of hydrogen-bond donors (Lipinski definition) is 2. The van der Waals surface area contributed by atoms with Crippen molar-refractivity contribution in [2.24, 2.45) is 0 Å². The fourth-order valence-corrected chi connectivity index (χ4v) is 10.00. The highest BCUT2D eigenvalue weighted by Crippen LogP contribution is 2.36. The fourth-order valence-electron chi connectivity index (χ4n) is 9.68. The van der Waals surface area contributed by atoms with E-state index < -0.39 is 58.0 Å². The van der Waals surface area contributed by atoms with E-state index in [1.54, 1.807) is 38.5 Å². The lowest BCUT2D eigenvalue weighted by Crippen LogP contribution is -2.34. The first kappa shape index (κ1) is 63.7. The van der Waals surface area contributed by atoms with Gasteiger partial charge in [0.15, 0.2) is 0 Å². The Bertz CT molecular complexity index is 4020. The van der Waals surface area contributed by atoms with Crippen LogP contribution in [0.25, 0.3) is 44.6 Å². The Balaban J connectivity index is 0.000000209. The van der Waals surface area contributed by atoms with Crippen LogP contribution in [0.2, 0.25) is 10.0 Å². The molecule has 0 aliphatic rings. The molecule has 10 rings (SSSR count). The molecule has 0 saturated carbocycles. The molecule has 10 aromatic rings. The number of imidazole rings is 2. The summed E-state index contributed by atoms with van der Waals surface area (Å²) in [7, 11) is 3.13. The summed E-state index contributed by atoms with van der Waals surface area (Å²) < 4.78 is 117. The Hall–Kier alpha value is -8.82. The number of ether oxygens (including phenoxy) is 4. The van der Waals surface area contributed by atoms with Crippen LogP contribution >= 0.6 is 23.2 Å². The zero-order chi connectivity index (χ0) is 63.5. The molecule has 0 aliphatic carbocycles. The van der Waals surface area contributed by atoms with E-state index in [0.717, 1.165) is 24.3 Å². The van der Waals surface area contributed by atoms with Gasteiger partial charge in [-0.3, -0.25) is 0 Å². The van der Waals surface area contributed by atoms with Gasteiger partial charge in [-0.25, -0.2) is 55.9 Å². The molecule has 14 nitrogen and oxygen atoms in total. The highest BCUT2D eigenvalue weighted by molar-refractivity contribution is 6.30. The minimum atomic E-state index is -1.09. The van der Waals surface area contributed by atoms with Crippen molar-refractivity contribution in [2.45, 2.75) is 90.9 Å². The molecule has 2 N–H and O–H groups in total. The van der Waals surface area contributed by atoms with Crippen LogP contribution in [-0.2, 0) is 35.5 Å². The molecule has 4 heterocycles. The number of benzene rings is 6. The molecule has 0 spiro atoms. The van der Waals surface area contributed by atoms with E-state index in [0.29, 0.717) is 33.7 Å². The normalized spacial score (nSPS) is 12.5. The van der Waals surface area contributed by atoms with E-state index in [-0.39, 0.29) is 116 Å². The first-order valence-corrected chi connectivity index (χ1v) is 28.1. The van der Waals surface area contributed by atoms with Crippen LogP contribution in [-0.4, -0.2) is 76.6 Å². The quantitative estimate of drug-likeness (QED) is 0.0693. The van der Waals surface area contributed by atoms with Crippen molar-refractivity contribution >= 4 is 57.2 Å². The minimum absolute atomic E-state index is 0.0503. The summed E-state index contributed by atoms with van der Waals surface area (Å²) in [5, 5.41) is 19.6. The van der Waals surface area contributed by atoms with Gasteiger partial charge in [-0.2, -0.15) is 0 Å². The Morgan fingerprint density at radius 1 is 0.489 bits per heavy atom. The Morgan fingerprint density at radius 2 is 0.864 bits per heavy atom. The number of aromatic carboxylic acids is 2. The summed E-state index contributed by atoms with van der Waals surface area (Å²) in [4.78, 5) is 41.3. The van der Waals surface area contributed by atoms with Crippen molar-refractivity contribution in [3.05, 3.63) is 223 Å². The zero-order valence-corrected chi connectivity index (χ0v) is 50.2. The summed E-state index contributed by atoms with van der Waals surface area (Å²) in [5.41, 5.74) is 1.57. The van der Waals surface area contributed by atoms with Crippen LogP contribution in [0.4, 0.5) is 26.3 Å². The smallest absolute Gasteiger partial charge is 0.335 e. The van der Waals surface area contributed by atoms with Gasteiger partial charge >= 0.3 is 11.9 Å². The van der Waals surface area contributed by atoms with Crippen LogP contribution in [0, 0.1) is 34.9 Å². The number of aromatic nitrogens is 6. The second-order valence-corrected chi connectivity index (χ2v) is 22.6. The van der Waals surface area contributed by atoms with Gasteiger partial charge in [-0.15, -0.1) is 0 Å². The van der Waals surface area contributed by atoms with Gasteiger partial charge in [-0.05, 0) is 150 Å². The summed E-state index contributed by atoms with van der Waals surface area (Å²) in [6, 6.07) is 30.4. The first-order chi connectivity index (χ1) is 41.7. The molecule has 2 atom stereocenters. The van der Waals surface area contributed by atoms with Crippen LogP contribution < -0.4 is 9.47 Å². The number of fused-ring (bicyclic) bond motifs is 2. The van der Waals surface area contributed by atoms with Crippen molar-refractivity contribution in [3.63, 3.8) is 0 Å². The van der Waals surface area contributed by atoms with Crippen LogP contribution in [0.1, 0.15) is 108 Å². The highest BCUT2D eigenvalue weighted by Gasteiger charge is 2.33. The van der Waals surface area contributed by atoms with Gasteiger partial charge in [0.25, 0.3) is 0 Å². The van der Waals surface area contributed by atoms with Gasteiger partial charge < -0.3 is 38.3 Å². The van der Waals surface area contributed by atoms with Gasteiger partial charge in [0.05, 0.1) is 67.9 Å². The Morgan fingerprint density at radius 3 is 1.22 bits per heavy atom. The second kappa shape index (κ2) is 26.3. The summed E-state index contributed by atoms with van der Waals surface area (Å²) in [6.07, 6.45) is -0.152. The summed E-state index contributed by atoms with van der Waals surface area (Å²) >= 11 is 11.6. The SMILES string of the molecule is COC(C)(C)C(C)n1c(Cc2cc(F)c(-c3cccc(OCc4ccc(Cl)cc4F)n3)cc2F)nc2ccc(C(=O)O)cc21.COC(C)(C)C(C)n1c(Cc2cc(F)c(-c3cccc(OCc4ccc(Cl)cc4F)n3)cc2F)nc2ccc(C(=O)O)cc21. The van der Waals surface area contributed by atoms with E-state index >= 15 is 17.6 Å². The molecule has 22 heteroatoms. The highest BCUT2D eigenvalue weighted by atomic mass is 35.5. The van der Waals surface area contributed by atoms with Gasteiger partial charge in [0.1, 0.15) is 59.8 Å². The topological polar surface area (TPSA) is 173 Å². The maximum Gasteiger partial charge on any atom is 0.335 e. The molecule has 2 unspecified atom stereocenters. The number of halogens is 8. The maximum absolute atomic E-state index is 15.6. The number of hydrogen-bond acceptors (Lipinski definition) is 10. The van der Waals surface area contributed by atoms with E-state index in [1.165, 1.54) is 84.9 Å². The van der Waals surface area contributed by atoms with Crippen LogP contribution in [0.3, 0.4) is 0 Å². The average Bonchev–Trinajstić information content (AvgIpc) is 1.72. The monoisotopic (exact) mass is 1250 g/mol. The molecule has 6 aromatic carbocycles. The van der Waals surface area contributed by atoms with E-state index in [4.69, 9.17) is 42.1 Å². The van der Waals surface area contributed by atoms with Crippen molar-refractivity contribution in [1.29, 1.82) is 0 Å². The Kier molecular flexibility index (Phi) is 19.0. The number of methoxy groups -OCH3 is 2. The van der Waals surface area contributed by atoms with Crippen LogP contribution in [0.15, 0.2) is 133 Å². The van der Waals surface area contributed by atoms with Crippen molar-refractivity contribution < 1.29 is 65.1 Å². The zero-order valence-electron chi connectivity index (χ0n) is 48.7. The lowest BCUT2D eigenvalue weighted by atomic mass is 9.99. The molecule has 4 aromatic heterocycles. The minimum Gasteiger partial charge on any atom is -0.478 e. The number of carbonyl (C=O) groups is 2. The van der Waals surface area contributed by atoms with Gasteiger partial charge in [0.2, 0.25) is 11.8 Å². The largest absolute Gasteiger partial charge is 0.478 e. The molecule has 456 valence electrons. The summed E-state index contributed by atoms with van der Waals surface area (Å²) in [5.74, 6) is -5.01. The third-order valence-corrected chi connectivity index (χ3v) is 16.1. The predicted octanol–water partition coefficient (Wildman–Crippen LogP) is 16.0. The Labute approximate surface area is 511 Å². The summed E-state index contributed by atoms with van der Waals surface area (Å²) in [6.45, 7) is 11.0. The fraction of sp³-hybridized carbons (Fsp3) is 0.242. The third kappa shape index (κ3) is 14.0. The number of pyridine rings is 2. The van der Waals surface area contributed by atoms with Crippen LogP contribution in [0.5, 0.6) is 11.8 Å². The maximum atomic E-state index is 15.6. The van der Waals surface area contributed by atoms with Crippen molar-refractivity contribution in [2.75, 3.05) is 14.2 Å². The molecular formula is C66H58Cl2F6N6O8. The van der Waals surface area contributed by atoms with E-state index in [9.17, 15) is 28.6 Å². The molecular weight excluding hydrogens is 1190 g/mol. The van der Waals surface area contributed by atoms with Crippen molar-refractivity contribution in [3.8, 4) is 34.3 Å². The van der Waals surface area contributed by atoms with Crippen molar-refractivity contribution in [1.82, 2.24) is 29.1 Å². The van der Waals surface area contributed by atoms with Gasteiger partial charge in [-0.1, -0.05) is 47.5 Å².